The summed E-state index contributed by atoms with van der Waals surface area (Å²) in [5.41, 5.74) is 5.23. The second-order valence-electron chi connectivity index (χ2n) is 8.21. The third-order valence-electron chi connectivity index (χ3n) is 5.94. The van der Waals surface area contributed by atoms with Crippen LogP contribution in [0.5, 0.6) is 0 Å². The maximum atomic E-state index is 2.37. The summed E-state index contributed by atoms with van der Waals surface area (Å²) in [5, 5.41) is 0. The van der Waals surface area contributed by atoms with E-state index in [0.29, 0.717) is 0 Å². The molecule has 0 bridgehead atoms. The van der Waals surface area contributed by atoms with Crippen LogP contribution < -0.4 is 15.5 Å². The van der Waals surface area contributed by atoms with Crippen LogP contribution in [0.3, 0.4) is 0 Å². The molecule has 0 heterocycles. The average molecular weight is 412 g/mol. The number of hydrogen-bond donors (Lipinski definition) is 0. The fourth-order valence-corrected chi connectivity index (χ4v) is 11.5. The van der Waals surface area contributed by atoms with Crippen LogP contribution in [0.2, 0.25) is 0 Å². The van der Waals surface area contributed by atoms with Crippen LogP contribution in [-0.4, -0.2) is 0 Å². The summed E-state index contributed by atoms with van der Waals surface area (Å²) in [6, 6.07) is 37.1. The number of hydrogen-bond acceptors (Lipinski definition) is 0. The Balaban J connectivity index is 2.11. The van der Waals surface area contributed by atoms with Crippen molar-refractivity contribution in [2.24, 2.45) is 0 Å². The van der Waals surface area contributed by atoms with Crippen molar-refractivity contribution in [2.75, 3.05) is 0 Å². The Hall–Kier alpha value is -2.41. The minimum atomic E-state index is -3.10. The number of rotatable bonds is 4. The van der Waals surface area contributed by atoms with E-state index in [9.17, 15) is 0 Å². The minimum absolute atomic E-state index is 1.31. The first kappa shape index (κ1) is 19.9. The molecule has 0 aliphatic heterocycles. The van der Waals surface area contributed by atoms with Gasteiger partial charge in [0.15, 0.2) is 0 Å². The fraction of sp³-hybridized carbons (Fsp3) is 0.143. The predicted molar refractivity (Wildman–Crippen MR) is 123 cm³/mol. The van der Waals surface area contributed by atoms with E-state index in [1.807, 2.05) is 0 Å². The van der Waals surface area contributed by atoms with Crippen LogP contribution in [0.4, 0.5) is 0 Å². The molecule has 0 radical (unpaired) electrons. The van der Waals surface area contributed by atoms with Gasteiger partial charge in [-0.15, -0.1) is 0 Å². The van der Waals surface area contributed by atoms with Gasteiger partial charge >= 0.3 is 179 Å². The van der Waals surface area contributed by atoms with Crippen LogP contribution in [-0.2, 0) is 16.6 Å². The van der Waals surface area contributed by atoms with Crippen LogP contribution in [0.1, 0.15) is 22.3 Å². The topological polar surface area (TPSA) is 0 Å². The maximum absolute atomic E-state index is 3.10. The van der Waals surface area contributed by atoms with Gasteiger partial charge in [0.1, 0.15) is 0 Å². The summed E-state index contributed by atoms with van der Waals surface area (Å²) in [6.45, 7) is 8.67. The second-order valence-corrected chi connectivity index (χ2v) is 14.2. The number of benzene rings is 4. The van der Waals surface area contributed by atoms with Crippen LogP contribution >= 0.6 is 0 Å². The molecule has 4 aromatic rings. The van der Waals surface area contributed by atoms with E-state index in [0.717, 1.165) is 0 Å². The third kappa shape index (κ3) is 3.76. The van der Waals surface area contributed by atoms with E-state index >= 15 is 0 Å². The molecular formula is C28H28Ti. The average Bonchev–Trinajstić information content (AvgIpc) is 2.73. The second kappa shape index (κ2) is 8.15. The Kier molecular flexibility index (Phi) is 5.59. The monoisotopic (exact) mass is 412 g/mol. The van der Waals surface area contributed by atoms with Gasteiger partial charge in [0.05, 0.1) is 0 Å². The Bertz CT molecular complexity index is 900. The molecule has 0 N–H and O–H groups in total. The Labute approximate surface area is 178 Å². The van der Waals surface area contributed by atoms with Crippen molar-refractivity contribution in [1.29, 1.82) is 0 Å². The molecular weight excluding hydrogens is 384 g/mol. The van der Waals surface area contributed by atoms with Crippen LogP contribution in [0, 0.1) is 27.7 Å². The Morgan fingerprint density at radius 2 is 0.483 bits per heavy atom. The first-order valence-corrected chi connectivity index (χ1v) is 13.4. The van der Waals surface area contributed by atoms with Crippen molar-refractivity contribution in [3.05, 3.63) is 119 Å². The molecule has 0 saturated carbocycles. The standard InChI is InChI=1S/4C7H7.Ti/c4*1-7-5-3-2-4-6-7;/h4*3-6H,1H3;. The fourth-order valence-electron chi connectivity index (χ4n) is 4.21. The van der Waals surface area contributed by atoms with Crippen LogP contribution in [0.15, 0.2) is 97.1 Å². The third-order valence-corrected chi connectivity index (χ3v) is 13.4. The van der Waals surface area contributed by atoms with E-state index in [1.165, 1.54) is 37.7 Å². The van der Waals surface area contributed by atoms with Gasteiger partial charge in [0.2, 0.25) is 0 Å². The van der Waals surface area contributed by atoms with E-state index < -0.39 is 16.6 Å². The van der Waals surface area contributed by atoms with E-state index in [2.05, 4.69) is 125 Å². The van der Waals surface area contributed by atoms with Gasteiger partial charge in [-0.25, -0.2) is 0 Å². The van der Waals surface area contributed by atoms with Crippen LogP contribution in [0.25, 0.3) is 0 Å². The quantitative estimate of drug-likeness (QED) is 0.427. The van der Waals surface area contributed by atoms with Crippen molar-refractivity contribution < 1.29 is 16.6 Å². The van der Waals surface area contributed by atoms with E-state index in [1.54, 1.807) is 0 Å². The molecule has 144 valence electrons. The van der Waals surface area contributed by atoms with Gasteiger partial charge in [-0.05, 0) is 0 Å². The molecule has 0 amide bonds. The van der Waals surface area contributed by atoms with E-state index in [4.69, 9.17) is 0 Å². The molecule has 0 aromatic heterocycles. The van der Waals surface area contributed by atoms with Crippen molar-refractivity contribution >= 4 is 15.5 Å². The SMILES string of the molecule is Cc1cc[c]([Ti]([c]2ccc(C)cc2)([c]2ccc(C)cc2)[c]2ccc(C)cc2)cc1. The molecule has 0 saturated heterocycles. The normalized spacial score (nSPS) is 11.4. The molecule has 0 atom stereocenters. The zero-order valence-electron chi connectivity index (χ0n) is 17.7. The first-order valence-electron chi connectivity index (χ1n) is 10.3. The van der Waals surface area contributed by atoms with Gasteiger partial charge < -0.3 is 0 Å². The molecule has 0 unspecified atom stereocenters. The molecule has 4 rings (SSSR count). The Morgan fingerprint density at radius 1 is 0.310 bits per heavy atom. The first-order chi connectivity index (χ1) is 14.0. The van der Waals surface area contributed by atoms with Gasteiger partial charge in [-0.3, -0.25) is 0 Å². The summed E-state index contributed by atoms with van der Waals surface area (Å²) in [5.74, 6) is 0. The zero-order valence-corrected chi connectivity index (χ0v) is 19.3. The van der Waals surface area contributed by atoms with Crippen molar-refractivity contribution in [1.82, 2.24) is 0 Å². The molecule has 0 aliphatic carbocycles. The molecule has 0 fully saturated rings. The molecule has 29 heavy (non-hydrogen) atoms. The number of aryl methyl sites for hydroxylation is 4. The van der Waals surface area contributed by atoms with Crippen molar-refractivity contribution in [3.8, 4) is 0 Å². The summed E-state index contributed by atoms with van der Waals surface area (Å²) >= 11 is -3.10. The van der Waals surface area contributed by atoms with Gasteiger partial charge in [0, 0.05) is 0 Å². The van der Waals surface area contributed by atoms with E-state index in [-0.39, 0.29) is 0 Å². The molecule has 0 aliphatic rings. The molecule has 4 aromatic carbocycles. The predicted octanol–water partition coefficient (Wildman–Crippen LogP) is 4.68. The summed E-state index contributed by atoms with van der Waals surface area (Å²) in [4.78, 5) is 0. The summed E-state index contributed by atoms with van der Waals surface area (Å²) in [7, 11) is 0. The van der Waals surface area contributed by atoms with Crippen molar-refractivity contribution in [2.45, 2.75) is 27.7 Å². The Morgan fingerprint density at radius 3 is 0.655 bits per heavy atom. The molecule has 0 nitrogen and oxygen atoms in total. The van der Waals surface area contributed by atoms with Gasteiger partial charge in [-0.1, -0.05) is 0 Å². The summed E-state index contributed by atoms with van der Waals surface area (Å²) < 4.78 is 5.92. The molecule has 0 spiro atoms. The summed E-state index contributed by atoms with van der Waals surface area (Å²) in [6.07, 6.45) is 0. The van der Waals surface area contributed by atoms with Gasteiger partial charge in [-0.2, -0.15) is 0 Å². The van der Waals surface area contributed by atoms with Crippen molar-refractivity contribution in [3.63, 3.8) is 0 Å². The zero-order chi connectivity index (χ0) is 20.4. The van der Waals surface area contributed by atoms with Gasteiger partial charge in [0.25, 0.3) is 0 Å². The molecule has 1 heteroatoms.